The highest BCUT2D eigenvalue weighted by Gasteiger charge is 2.43. The van der Waals surface area contributed by atoms with E-state index in [4.69, 9.17) is 11.6 Å². The number of carbonyl (C=O) groups is 3. The predicted molar refractivity (Wildman–Crippen MR) is 68.4 cm³/mol. The lowest BCUT2D eigenvalue weighted by molar-refractivity contribution is -0.141. The van der Waals surface area contributed by atoms with Crippen LogP contribution in [0, 0.1) is 0 Å². The molecule has 0 radical (unpaired) electrons. The van der Waals surface area contributed by atoms with Gasteiger partial charge < -0.3 is 10.2 Å². The first-order valence-electron chi connectivity index (χ1n) is 5.64. The molecule has 1 heterocycles. The third-order valence-electron chi connectivity index (χ3n) is 2.61. The zero-order chi connectivity index (χ0) is 16.7. The highest BCUT2D eigenvalue weighted by atomic mass is 35.5. The average Bonchev–Trinajstić information content (AvgIpc) is 2.38. The second-order valence-electron chi connectivity index (χ2n) is 4.15. The van der Waals surface area contributed by atoms with E-state index in [1.165, 1.54) is 0 Å². The van der Waals surface area contributed by atoms with Crippen molar-refractivity contribution in [2.45, 2.75) is 13.1 Å². The molecule has 1 aliphatic rings. The third kappa shape index (κ3) is 2.80. The van der Waals surface area contributed by atoms with E-state index in [0.717, 1.165) is 19.1 Å². The number of ketones is 1. The topological polar surface area (TPSA) is 84.8 Å². The Hall–Kier alpha value is -2.42. The molecule has 1 N–H and O–H groups in total. The first-order valence-corrected chi connectivity index (χ1v) is 6.02. The standard InChI is InChI=1S/C12H6ClF3N2O4/c1-4(19)22-18-9-7-6(17-11(21)10(9)20)3-2-5(13)8(7)12(14,15)16/h2-3H,1H3,(H,17,21). The molecule has 0 unspecified atom stereocenters. The van der Waals surface area contributed by atoms with Gasteiger partial charge in [-0.15, -0.1) is 0 Å². The van der Waals surface area contributed by atoms with Gasteiger partial charge in [0, 0.05) is 12.5 Å². The van der Waals surface area contributed by atoms with Gasteiger partial charge >= 0.3 is 12.1 Å². The second kappa shape index (κ2) is 5.41. The highest BCUT2D eigenvalue weighted by Crippen LogP contribution is 2.41. The molecule has 0 aliphatic carbocycles. The Morgan fingerprint density at radius 1 is 1.32 bits per heavy atom. The van der Waals surface area contributed by atoms with Gasteiger partial charge in [0.05, 0.1) is 16.3 Å². The van der Waals surface area contributed by atoms with Gasteiger partial charge in [-0.05, 0) is 12.1 Å². The summed E-state index contributed by atoms with van der Waals surface area (Å²) < 4.78 is 39.5. The van der Waals surface area contributed by atoms with Gasteiger partial charge in [0.15, 0.2) is 5.71 Å². The van der Waals surface area contributed by atoms with E-state index in [1.54, 1.807) is 0 Å². The fourth-order valence-corrected chi connectivity index (χ4v) is 2.07. The van der Waals surface area contributed by atoms with E-state index < -0.39 is 45.7 Å². The molecular weight excluding hydrogens is 329 g/mol. The van der Waals surface area contributed by atoms with E-state index in [-0.39, 0.29) is 5.69 Å². The molecule has 1 aliphatic heterocycles. The van der Waals surface area contributed by atoms with Gasteiger partial charge in [0.1, 0.15) is 0 Å². The van der Waals surface area contributed by atoms with Crippen LogP contribution < -0.4 is 5.32 Å². The number of hydrogen-bond acceptors (Lipinski definition) is 5. The number of carbonyl (C=O) groups excluding carboxylic acids is 3. The Morgan fingerprint density at radius 3 is 2.50 bits per heavy atom. The fourth-order valence-electron chi connectivity index (χ4n) is 1.80. The van der Waals surface area contributed by atoms with E-state index in [1.807, 2.05) is 5.32 Å². The molecule has 1 aromatic carbocycles. The van der Waals surface area contributed by atoms with Crippen molar-refractivity contribution in [3.63, 3.8) is 0 Å². The number of nitrogens with zero attached hydrogens (tertiary/aromatic N) is 1. The lowest BCUT2D eigenvalue weighted by atomic mass is 9.94. The van der Waals surface area contributed by atoms with Crippen molar-refractivity contribution < 1.29 is 32.4 Å². The summed E-state index contributed by atoms with van der Waals surface area (Å²) in [6.45, 7) is 0.932. The number of fused-ring (bicyclic) bond motifs is 1. The summed E-state index contributed by atoms with van der Waals surface area (Å²) in [5, 5.41) is 4.38. The first kappa shape index (κ1) is 16.0. The van der Waals surface area contributed by atoms with E-state index >= 15 is 0 Å². The lowest BCUT2D eigenvalue weighted by Crippen LogP contribution is -2.38. The van der Waals surface area contributed by atoms with Crippen LogP contribution in [-0.2, 0) is 25.4 Å². The smallest absolute Gasteiger partial charge is 0.318 e. The molecule has 0 saturated heterocycles. The Morgan fingerprint density at radius 2 is 1.95 bits per heavy atom. The Kier molecular flexibility index (Phi) is 3.92. The van der Waals surface area contributed by atoms with Gasteiger partial charge in [0.2, 0.25) is 0 Å². The zero-order valence-corrected chi connectivity index (χ0v) is 11.5. The van der Waals surface area contributed by atoms with E-state index in [2.05, 4.69) is 9.99 Å². The zero-order valence-electron chi connectivity index (χ0n) is 10.7. The maximum Gasteiger partial charge on any atom is 0.418 e. The molecule has 6 nitrogen and oxygen atoms in total. The molecule has 0 saturated carbocycles. The average molecular weight is 335 g/mol. The minimum absolute atomic E-state index is 0.313. The van der Waals surface area contributed by atoms with Crippen molar-refractivity contribution in [1.29, 1.82) is 0 Å². The van der Waals surface area contributed by atoms with Gasteiger partial charge in [-0.2, -0.15) is 13.2 Å². The molecule has 0 bridgehead atoms. The summed E-state index contributed by atoms with van der Waals surface area (Å²) in [5.74, 6) is -3.54. The van der Waals surface area contributed by atoms with Crippen molar-refractivity contribution in [2.75, 3.05) is 5.32 Å². The van der Waals surface area contributed by atoms with Crippen molar-refractivity contribution in [3.8, 4) is 0 Å². The fraction of sp³-hybridized carbons (Fsp3) is 0.167. The summed E-state index contributed by atoms with van der Waals surface area (Å²) >= 11 is 5.55. The molecule has 0 fully saturated rings. The van der Waals surface area contributed by atoms with Crippen LogP contribution in [0.3, 0.4) is 0 Å². The summed E-state index contributed by atoms with van der Waals surface area (Å²) in [6.07, 6.45) is -4.91. The summed E-state index contributed by atoms with van der Waals surface area (Å²) in [7, 11) is 0. The number of Topliss-reactive ketones (excluding diaryl/α,β-unsaturated/α-hetero) is 1. The Labute approximate surface area is 125 Å². The van der Waals surface area contributed by atoms with Crippen LogP contribution in [0.25, 0.3) is 0 Å². The predicted octanol–water partition coefficient (Wildman–Crippen LogP) is 2.15. The number of halogens is 4. The maximum absolute atomic E-state index is 13.2. The molecule has 0 atom stereocenters. The van der Waals surface area contributed by atoms with Crippen LogP contribution in [0.15, 0.2) is 17.3 Å². The van der Waals surface area contributed by atoms with Crippen molar-refractivity contribution in [3.05, 3.63) is 28.3 Å². The number of amides is 1. The summed E-state index contributed by atoms with van der Waals surface area (Å²) in [6, 6.07) is 2.00. The van der Waals surface area contributed by atoms with Crippen LogP contribution in [0.5, 0.6) is 0 Å². The minimum Gasteiger partial charge on any atom is -0.318 e. The number of nitrogens with one attached hydrogen (secondary N) is 1. The number of anilines is 1. The van der Waals surface area contributed by atoms with Crippen molar-refractivity contribution in [2.24, 2.45) is 5.16 Å². The van der Waals surface area contributed by atoms with Crippen molar-refractivity contribution >= 4 is 40.7 Å². The van der Waals surface area contributed by atoms with E-state index in [0.29, 0.717) is 0 Å². The summed E-state index contributed by atoms with van der Waals surface area (Å²) in [4.78, 5) is 38.2. The number of hydrogen-bond donors (Lipinski definition) is 1. The minimum atomic E-state index is -4.91. The maximum atomic E-state index is 13.2. The largest absolute Gasteiger partial charge is 0.418 e. The van der Waals surface area contributed by atoms with Gasteiger partial charge in [-0.1, -0.05) is 16.8 Å². The number of oxime groups is 1. The molecule has 1 amide bonds. The molecule has 0 spiro atoms. The van der Waals surface area contributed by atoms with Crippen LogP contribution in [0.2, 0.25) is 5.02 Å². The normalized spacial score (nSPS) is 16.3. The summed E-state index contributed by atoms with van der Waals surface area (Å²) in [5.41, 5.74) is -3.35. The number of benzene rings is 1. The van der Waals surface area contributed by atoms with E-state index in [9.17, 15) is 27.6 Å². The van der Waals surface area contributed by atoms with Gasteiger partial charge in [-0.3, -0.25) is 9.59 Å². The molecule has 1 aromatic rings. The van der Waals surface area contributed by atoms with Crippen LogP contribution >= 0.6 is 11.6 Å². The third-order valence-corrected chi connectivity index (χ3v) is 2.92. The van der Waals surface area contributed by atoms with Crippen LogP contribution in [0.1, 0.15) is 18.1 Å². The first-order chi connectivity index (χ1) is 10.1. The van der Waals surface area contributed by atoms with Crippen molar-refractivity contribution in [1.82, 2.24) is 0 Å². The van der Waals surface area contributed by atoms with Crippen LogP contribution in [-0.4, -0.2) is 23.4 Å². The number of alkyl halides is 3. The quantitative estimate of drug-likeness (QED) is 0.484. The Balaban J connectivity index is 2.77. The Bertz CT molecular complexity index is 728. The van der Waals surface area contributed by atoms with Gasteiger partial charge in [-0.25, -0.2) is 4.79 Å². The molecule has 0 aromatic heterocycles. The van der Waals surface area contributed by atoms with Gasteiger partial charge in [0.25, 0.3) is 11.7 Å². The second-order valence-corrected chi connectivity index (χ2v) is 4.56. The van der Waals surface area contributed by atoms with Crippen LogP contribution in [0.4, 0.5) is 18.9 Å². The molecule has 10 heteroatoms. The highest BCUT2D eigenvalue weighted by molar-refractivity contribution is 6.72. The lowest BCUT2D eigenvalue weighted by Gasteiger charge is -2.22. The molecule has 2 rings (SSSR count). The molecular formula is C12H6ClF3N2O4. The number of rotatable bonds is 1. The monoisotopic (exact) mass is 334 g/mol. The molecule has 116 valence electrons. The molecule has 22 heavy (non-hydrogen) atoms. The SMILES string of the molecule is CC(=O)ON=C1C(=O)C(=O)Nc2ccc(Cl)c(C(F)(F)F)c21.